The molecule has 1 fully saturated rings. The number of nitrogens with zero attached hydrogens (tertiary/aromatic N) is 5. The Morgan fingerprint density at radius 2 is 2.06 bits per heavy atom. The van der Waals surface area contributed by atoms with E-state index in [1.54, 1.807) is 6.33 Å². The van der Waals surface area contributed by atoms with Crippen molar-refractivity contribution in [3.05, 3.63) is 66.2 Å². The van der Waals surface area contributed by atoms with E-state index < -0.39 is 0 Å². The van der Waals surface area contributed by atoms with Gasteiger partial charge in [0.25, 0.3) is 0 Å². The van der Waals surface area contributed by atoms with Crippen molar-refractivity contribution >= 4 is 28.6 Å². The number of fused-ring (bicyclic) bond motifs is 1. The van der Waals surface area contributed by atoms with Crippen LogP contribution in [0.2, 0.25) is 0 Å². The maximum Gasteiger partial charge on any atom is 0.231 e. The van der Waals surface area contributed by atoms with Gasteiger partial charge in [-0.2, -0.15) is 9.97 Å². The van der Waals surface area contributed by atoms with Crippen LogP contribution in [-0.4, -0.2) is 50.0 Å². The Hall–Kier alpha value is -3.52. The van der Waals surface area contributed by atoms with Crippen LogP contribution in [0.15, 0.2) is 55.1 Å². The van der Waals surface area contributed by atoms with Crippen molar-refractivity contribution in [2.45, 2.75) is 25.3 Å². The number of hydrogen-bond acceptors (Lipinski definition) is 7. The molecule has 1 atom stereocenters. The van der Waals surface area contributed by atoms with Gasteiger partial charge in [-0.25, -0.2) is 4.98 Å². The van der Waals surface area contributed by atoms with Crippen LogP contribution >= 0.6 is 0 Å². The summed E-state index contributed by atoms with van der Waals surface area (Å²) in [6.45, 7) is 3.13. The highest BCUT2D eigenvalue weighted by molar-refractivity contribution is 5.83. The van der Waals surface area contributed by atoms with E-state index in [1.165, 1.54) is 24.0 Å². The molecule has 0 aliphatic carbocycles. The summed E-state index contributed by atoms with van der Waals surface area (Å²) < 4.78 is 0. The van der Waals surface area contributed by atoms with Crippen LogP contribution in [0, 0.1) is 0 Å². The summed E-state index contributed by atoms with van der Waals surface area (Å²) in [5.74, 6) is 1.82. The van der Waals surface area contributed by atoms with Crippen molar-refractivity contribution in [2.75, 3.05) is 30.8 Å². The summed E-state index contributed by atoms with van der Waals surface area (Å²) in [5, 5.41) is 6.42. The summed E-state index contributed by atoms with van der Waals surface area (Å²) in [7, 11) is 1.84. The number of pyridine rings is 1. The first kappa shape index (κ1) is 19.4. The van der Waals surface area contributed by atoms with Gasteiger partial charge in [0.05, 0.1) is 6.33 Å². The van der Waals surface area contributed by atoms with Gasteiger partial charge in [-0.05, 0) is 60.7 Å². The number of anilines is 3. The Morgan fingerprint density at radius 3 is 2.94 bits per heavy atom. The van der Waals surface area contributed by atoms with Crippen LogP contribution in [0.5, 0.6) is 0 Å². The molecular formula is C23H26N8. The van der Waals surface area contributed by atoms with E-state index in [4.69, 9.17) is 0 Å². The molecule has 8 heteroatoms. The minimum Gasteiger partial charge on any atom is -0.371 e. The zero-order valence-electron chi connectivity index (χ0n) is 17.5. The van der Waals surface area contributed by atoms with Crippen LogP contribution in [0.3, 0.4) is 0 Å². The number of H-pyrrole nitrogens is 1. The average Bonchev–Trinajstić information content (AvgIpc) is 3.28. The predicted molar refractivity (Wildman–Crippen MR) is 122 cm³/mol. The minimum absolute atomic E-state index is 0.525. The molecule has 158 valence electrons. The standard InChI is InChI=1S/C23H26N8/c1-24-21-20-22(27-15-26-20)30-23(29-21)28-19-6-2-4-16(12-19)13-31-11-3-5-18(14-31)17-7-9-25-10-8-17/h2,4,6-10,12,15,18H,3,5,11,13-14H2,1H3,(H3,24,26,27,28,29,30). The molecule has 4 aromatic rings. The fourth-order valence-electron chi connectivity index (χ4n) is 4.31. The molecule has 3 aromatic heterocycles. The lowest BCUT2D eigenvalue weighted by molar-refractivity contribution is 0.200. The molecule has 0 bridgehead atoms. The molecule has 1 aliphatic rings. The van der Waals surface area contributed by atoms with Gasteiger partial charge < -0.3 is 15.6 Å². The molecule has 1 aliphatic heterocycles. The van der Waals surface area contributed by atoms with E-state index in [2.05, 4.69) is 70.8 Å². The van der Waals surface area contributed by atoms with Gasteiger partial charge >= 0.3 is 0 Å². The predicted octanol–water partition coefficient (Wildman–Crippen LogP) is 3.91. The molecule has 8 nitrogen and oxygen atoms in total. The molecule has 5 rings (SSSR count). The zero-order valence-corrected chi connectivity index (χ0v) is 17.5. The number of likely N-dealkylation sites (tertiary alicyclic amines) is 1. The van der Waals surface area contributed by atoms with Gasteiger partial charge in [0.2, 0.25) is 5.95 Å². The summed E-state index contributed by atoms with van der Waals surface area (Å²) >= 11 is 0. The first-order chi connectivity index (χ1) is 15.3. The van der Waals surface area contributed by atoms with Crippen molar-refractivity contribution in [1.82, 2.24) is 29.8 Å². The Kier molecular flexibility index (Phi) is 5.45. The van der Waals surface area contributed by atoms with Gasteiger partial charge in [0, 0.05) is 38.2 Å². The molecule has 0 amide bonds. The molecule has 0 radical (unpaired) electrons. The summed E-state index contributed by atoms with van der Waals surface area (Å²) in [4.78, 5) is 23.1. The van der Waals surface area contributed by atoms with Crippen LogP contribution in [0.4, 0.5) is 17.5 Å². The van der Waals surface area contributed by atoms with Crippen molar-refractivity contribution in [1.29, 1.82) is 0 Å². The number of aromatic amines is 1. The molecule has 4 heterocycles. The SMILES string of the molecule is CNc1nc(Nc2cccc(CN3CCCC(c4ccncc4)C3)c2)nc2nc[nH]c12. The third-order valence-corrected chi connectivity index (χ3v) is 5.79. The smallest absolute Gasteiger partial charge is 0.231 e. The van der Waals surface area contributed by atoms with E-state index >= 15 is 0 Å². The number of piperidine rings is 1. The Balaban J connectivity index is 1.29. The van der Waals surface area contributed by atoms with Crippen molar-refractivity contribution in [3.8, 4) is 0 Å². The molecule has 1 aromatic carbocycles. The van der Waals surface area contributed by atoms with E-state index in [1.807, 2.05) is 25.5 Å². The first-order valence-electron chi connectivity index (χ1n) is 10.7. The molecule has 0 spiro atoms. The van der Waals surface area contributed by atoms with Crippen molar-refractivity contribution in [3.63, 3.8) is 0 Å². The van der Waals surface area contributed by atoms with Crippen LogP contribution < -0.4 is 10.6 Å². The monoisotopic (exact) mass is 414 g/mol. The molecular weight excluding hydrogens is 388 g/mol. The number of benzene rings is 1. The number of imidazole rings is 1. The van der Waals surface area contributed by atoms with Crippen LogP contribution in [0.25, 0.3) is 11.2 Å². The number of nitrogens with one attached hydrogen (secondary N) is 3. The fourth-order valence-corrected chi connectivity index (χ4v) is 4.31. The van der Waals surface area contributed by atoms with Gasteiger partial charge in [0.1, 0.15) is 5.52 Å². The van der Waals surface area contributed by atoms with Crippen LogP contribution in [0.1, 0.15) is 29.9 Å². The summed E-state index contributed by atoms with van der Waals surface area (Å²) in [6, 6.07) is 12.8. The Bertz CT molecular complexity index is 1160. The number of hydrogen-bond donors (Lipinski definition) is 3. The van der Waals surface area contributed by atoms with Gasteiger partial charge in [0.15, 0.2) is 11.5 Å². The topological polar surface area (TPSA) is 94.7 Å². The highest BCUT2D eigenvalue weighted by Crippen LogP contribution is 2.28. The average molecular weight is 415 g/mol. The number of rotatable bonds is 6. The quantitative estimate of drug-likeness (QED) is 0.440. The van der Waals surface area contributed by atoms with E-state index in [0.29, 0.717) is 17.5 Å². The highest BCUT2D eigenvalue weighted by atomic mass is 15.2. The number of aromatic nitrogens is 5. The fraction of sp³-hybridized carbons (Fsp3) is 0.304. The maximum atomic E-state index is 4.56. The minimum atomic E-state index is 0.525. The zero-order chi connectivity index (χ0) is 21.0. The first-order valence-corrected chi connectivity index (χ1v) is 10.7. The third kappa shape index (κ3) is 4.34. The lowest BCUT2D eigenvalue weighted by atomic mass is 9.91. The van der Waals surface area contributed by atoms with E-state index in [9.17, 15) is 0 Å². The Morgan fingerprint density at radius 1 is 1.16 bits per heavy atom. The van der Waals surface area contributed by atoms with Crippen molar-refractivity contribution < 1.29 is 0 Å². The third-order valence-electron chi connectivity index (χ3n) is 5.79. The molecule has 3 N–H and O–H groups in total. The van der Waals surface area contributed by atoms with E-state index in [0.717, 1.165) is 36.7 Å². The van der Waals surface area contributed by atoms with Gasteiger partial charge in [-0.3, -0.25) is 9.88 Å². The second-order valence-electron chi connectivity index (χ2n) is 7.93. The molecule has 1 saturated heterocycles. The maximum absolute atomic E-state index is 4.56. The Labute approximate surface area is 181 Å². The summed E-state index contributed by atoms with van der Waals surface area (Å²) in [5.41, 5.74) is 5.07. The second kappa shape index (κ2) is 8.69. The van der Waals surface area contributed by atoms with Crippen LogP contribution in [-0.2, 0) is 6.54 Å². The van der Waals surface area contributed by atoms with E-state index in [-0.39, 0.29) is 0 Å². The molecule has 0 saturated carbocycles. The van der Waals surface area contributed by atoms with Crippen molar-refractivity contribution in [2.24, 2.45) is 0 Å². The van der Waals surface area contributed by atoms with Gasteiger partial charge in [-0.15, -0.1) is 0 Å². The normalized spacial score (nSPS) is 17.0. The lowest BCUT2D eigenvalue weighted by Crippen LogP contribution is -2.33. The molecule has 31 heavy (non-hydrogen) atoms. The molecule has 1 unspecified atom stereocenters. The second-order valence-corrected chi connectivity index (χ2v) is 7.93. The summed E-state index contributed by atoms with van der Waals surface area (Å²) in [6.07, 6.45) is 7.87. The largest absolute Gasteiger partial charge is 0.371 e. The van der Waals surface area contributed by atoms with Gasteiger partial charge in [-0.1, -0.05) is 12.1 Å². The highest BCUT2D eigenvalue weighted by Gasteiger charge is 2.21. The lowest BCUT2D eigenvalue weighted by Gasteiger charge is -2.33.